The van der Waals surface area contributed by atoms with Crippen molar-refractivity contribution >= 4 is 11.7 Å². The van der Waals surface area contributed by atoms with Crippen LogP contribution in [0.25, 0.3) is 16.9 Å². The Kier molecular flexibility index (Phi) is 6.61. The number of hydrogen-bond acceptors (Lipinski definition) is 3. The van der Waals surface area contributed by atoms with E-state index in [1.165, 1.54) is 22.3 Å². The van der Waals surface area contributed by atoms with Crippen LogP contribution in [0.1, 0.15) is 47.3 Å². The number of rotatable bonds is 6. The van der Waals surface area contributed by atoms with Gasteiger partial charge in [0.25, 0.3) is 0 Å². The summed E-state index contributed by atoms with van der Waals surface area (Å²) in [4.78, 5) is 13.9. The summed E-state index contributed by atoms with van der Waals surface area (Å²) < 4.78 is 2.14. The lowest BCUT2D eigenvalue weighted by molar-refractivity contribution is 0.174. The molecule has 6 heteroatoms. The Morgan fingerprint density at radius 2 is 1.69 bits per heavy atom. The van der Waals surface area contributed by atoms with E-state index in [-0.39, 0.29) is 0 Å². The zero-order valence-electron chi connectivity index (χ0n) is 21.2. The van der Waals surface area contributed by atoms with Gasteiger partial charge in [0.05, 0.1) is 17.1 Å². The van der Waals surface area contributed by atoms with Gasteiger partial charge in [-0.05, 0) is 49.1 Å². The Bertz CT molecular complexity index is 1350. The number of nitrogens with one attached hydrogen (secondary N) is 1. The minimum atomic E-state index is -0.567. The second kappa shape index (κ2) is 9.99. The van der Waals surface area contributed by atoms with E-state index < -0.39 is 6.03 Å². The van der Waals surface area contributed by atoms with Crippen molar-refractivity contribution in [2.45, 2.75) is 46.2 Å². The quantitative estimate of drug-likeness (QED) is 0.348. The van der Waals surface area contributed by atoms with Crippen molar-refractivity contribution in [1.82, 2.24) is 14.7 Å². The van der Waals surface area contributed by atoms with Gasteiger partial charge in [0.2, 0.25) is 0 Å². The highest BCUT2D eigenvalue weighted by Gasteiger charge is 2.30. The van der Waals surface area contributed by atoms with E-state index in [1.807, 2.05) is 24.3 Å². The summed E-state index contributed by atoms with van der Waals surface area (Å²) in [5, 5.41) is 7.84. The fraction of sp³-hybridized carbons (Fsp3) is 0.267. The molecule has 1 atom stereocenters. The number of fused-ring (bicyclic) bond motifs is 1. The fourth-order valence-electron chi connectivity index (χ4n) is 5.49. The molecule has 1 aromatic heterocycles. The van der Waals surface area contributed by atoms with Crippen LogP contribution in [0.4, 0.5) is 10.5 Å². The van der Waals surface area contributed by atoms with Crippen LogP contribution in [0, 0.1) is 13.8 Å². The van der Waals surface area contributed by atoms with Gasteiger partial charge in [0.1, 0.15) is 0 Å². The molecule has 4 aromatic rings. The molecule has 5 rings (SSSR count). The number of nitrogens with two attached hydrogens (primary N) is 1. The first-order chi connectivity index (χ1) is 17.5. The minimum Gasteiger partial charge on any atom is -0.351 e. The number of primary amides is 1. The molecule has 0 spiro atoms. The minimum absolute atomic E-state index is 0.359. The van der Waals surface area contributed by atoms with Crippen LogP contribution in [0.5, 0.6) is 0 Å². The first-order valence-corrected chi connectivity index (χ1v) is 12.6. The number of benzene rings is 3. The molecule has 6 nitrogen and oxygen atoms in total. The predicted octanol–water partition coefficient (Wildman–Crippen LogP) is 6.16. The number of carbonyl (C=O) groups excluding carboxylic acids is 1. The third kappa shape index (κ3) is 4.52. The smallest absolute Gasteiger partial charge is 0.316 e. The topological polar surface area (TPSA) is 76.2 Å². The Labute approximate surface area is 212 Å². The van der Waals surface area contributed by atoms with Crippen LogP contribution in [-0.2, 0) is 13.0 Å². The van der Waals surface area contributed by atoms with E-state index in [2.05, 4.69) is 84.2 Å². The number of amides is 2. The predicted molar refractivity (Wildman–Crippen MR) is 145 cm³/mol. The highest BCUT2D eigenvalue weighted by molar-refractivity contribution is 5.88. The number of nitrogens with zero attached hydrogens (tertiary/aromatic N) is 3. The normalized spacial score (nSPS) is 14.3. The Morgan fingerprint density at radius 3 is 2.33 bits per heavy atom. The summed E-state index contributed by atoms with van der Waals surface area (Å²) in [5.74, 6) is 0. The Morgan fingerprint density at radius 1 is 1.00 bits per heavy atom. The molecule has 0 radical (unpaired) electrons. The van der Waals surface area contributed by atoms with Gasteiger partial charge >= 0.3 is 6.03 Å². The third-order valence-corrected chi connectivity index (χ3v) is 7.15. The highest BCUT2D eigenvalue weighted by Crippen LogP contribution is 2.37. The number of para-hydroxylation sites is 1. The first kappa shape index (κ1) is 23.8. The monoisotopic (exact) mass is 479 g/mol. The molecule has 1 aliphatic rings. The lowest BCUT2D eigenvalue weighted by Crippen LogP contribution is -2.33. The lowest BCUT2D eigenvalue weighted by Gasteiger charge is -2.34. The molecule has 2 amide bonds. The molecule has 0 unspecified atom stereocenters. The largest absolute Gasteiger partial charge is 0.351 e. The SMILES string of the molecule is CC[C@@H](c1ccccc1)N1CCc2nn(-c3c(C)cccc3C)c(-c3ccc(NC(N)=O)cc3)c2C1. The van der Waals surface area contributed by atoms with Crippen LogP contribution < -0.4 is 11.1 Å². The van der Waals surface area contributed by atoms with Gasteiger partial charge in [0, 0.05) is 42.4 Å². The molecule has 3 N–H and O–H groups in total. The van der Waals surface area contributed by atoms with Gasteiger partial charge in [-0.15, -0.1) is 0 Å². The fourth-order valence-corrected chi connectivity index (χ4v) is 5.49. The van der Waals surface area contributed by atoms with Crippen LogP contribution in [0.3, 0.4) is 0 Å². The maximum absolute atomic E-state index is 11.3. The van der Waals surface area contributed by atoms with Gasteiger partial charge in [-0.3, -0.25) is 4.90 Å². The van der Waals surface area contributed by atoms with E-state index in [4.69, 9.17) is 10.8 Å². The summed E-state index contributed by atoms with van der Waals surface area (Å²) in [6, 6.07) is 24.8. The van der Waals surface area contributed by atoms with Gasteiger partial charge in [-0.1, -0.05) is 67.6 Å². The standard InChI is InChI=1S/C30H33N5O/c1-4-27(22-11-6-5-7-12-22)34-18-17-26-25(19-34)29(23-13-15-24(16-14-23)32-30(31)36)35(33-26)28-20(2)9-8-10-21(28)3/h5-16,27H,4,17-19H2,1-3H3,(H3,31,32,36)/t27-/m0/s1. The average Bonchev–Trinajstić information content (AvgIpc) is 3.23. The van der Waals surface area contributed by atoms with Crippen molar-refractivity contribution in [3.63, 3.8) is 0 Å². The Balaban J connectivity index is 1.62. The molecule has 2 heterocycles. The summed E-state index contributed by atoms with van der Waals surface area (Å²) in [6.45, 7) is 8.36. The van der Waals surface area contributed by atoms with E-state index >= 15 is 0 Å². The maximum Gasteiger partial charge on any atom is 0.316 e. The number of aryl methyl sites for hydroxylation is 2. The van der Waals surface area contributed by atoms with E-state index in [0.717, 1.165) is 48.6 Å². The Hall–Kier alpha value is -3.90. The van der Waals surface area contributed by atoms with E-state index in [9.17, 15) is 4.79 Å². The zero-order chi connectivity index (χ0) is 25.2. The number of urea groups is 1. The van der Waals surface area contributed by atoms with Crippen LogP contribution >= 0.6 is 0 Å². The molecule has 0 saturated heterocycles. The van der Waals surface area contributed by atoms with Crippen LogP contribution in [-0.4, -0.2) is 27.3 Å². The molecule has 1 aliphatic heterocycles. The molecule has 3 aromatic carbocycles. The van der Waals surface area contributed by atoms with Crippen molar-refractivity contribution < 1.29 is 4.79 Å². The first-order valence-electron chi connectivity index (χ1n) is 12.6. The summed E-state index contributed by atoms with van der Waals surface area (Å²) in [5.41, 5.74) is 15.5. The third-order valence-electron chi connectivity index (χ3n) is 7.15. The number of hydrogen-bond donors (Lipinski definition) is 2. The molecule has 0 bridgehead atoms. The molecular formula is C30H33N5O. The molecular weight excluding hydrogens is 446 g/mol. The lowest BCUT2D eigenvalue weighted by atomic mass is 9.96. The summed E-state index contributed by atoms with van der Waals surface area (Å²) in [6.07, 6.45) is 1.96. The van der Waals surface area contributed by atoms with Crippen molar-refractivity contribution in [1.29, 1.82) is 0 Å². The van der Waals surface area contributed by atoms with Gasteiger partial charge in [0.15, 0.2) is 0 Å². The molecule has 184 valence electrons. The molecule has 0 fully saturated rings. The number of aromatic nitrogens is 2. The second-order valence-electron chi connectivity index (χ2n) is 9.55. The molecule has 0 aliphatic carbocycles. The van der Waals surface area contributed by atoms with E-state index in [0.29, 0.717) is 11.7 Å². The number of carbonyl (C=O) groups is 1. The van der Waals surface area contributed by atoms with E-state index in [1.54, 1.807) is 0 Å². The van der Waals surface area contributed by atoms with Crippen molar-refractivity contribution in [2.75, 3.05) is 11.9 Å². The van der Waals surface area contributed by atoms with Gasteiger partial charge in [-0.25, -0.2) is 9.48 Å². The molecule has 0 saturated carbocycles. The second-order valence-corrected chi connectivity index (χ2v) is 9.55. The summed E-state index contributed by atoms with van der Waals surface area (Å²) in [7, 11) is 0. The molecule has 36 heavy (non-hydrogen) atoms. The number of anilines is 1. The van der Waals surface area contributed by atoms with Crippen molar-refractivity contribution in [3.8, 4) is 16.9 Å². The van der Waals surface area contributed by atoms with Crippen molar-refractivity contribution in [3.05, 3.63) is 101 Å². The van der Waals surface area contributed by atoms with Gasteiger partial charge < -0.3 is 11.1 Å². The highest BCUT2D eigenvalue weighted by atomic mass is 16.2. The average molecular weight is 480 g/mol. The van der Waals surface area contributed by atoms with Gasteiger partial charge in [-0.2, -0.15) is 5.10 Å². The van der Waals surface area contributed by atoms with Crippen LogP contribution in [0.15, 0.2) is 72.8 Å². The van der Waals surface area contributed by atoms with Crippen molar-refractivity contribution in [2.24, 2.45) is 5.73 Å². The maximum atomic E-state index is 11.3. The zero-order valence-corrected chi connectivity index (χ0v) is 21.2. The summed E-state index contributed by atoms with van der Waals surface area (Å²) >= 11 is 0. The van der Waals surface area contributed by atoms with Crippen LogP contribution in [0.2, 0.25) is 0 Å².